The molecule has 0 saturated carbocycles. The quantitative estimate of drug-likeness (QED) is 0.843. The van der Waals surface area contributed by atoms with Crippen molar-refractivity contribution in [1.29, 1.82) is 0 Å². The summed E-state index contributed by atoms with van der Waals surface area (Å²) in [5, 5.41) is 3.44. The van der Waals surface area contributed by atoms with Crippen LogP contribution in [0, 0.1) is 0 Å². The van der Waals surface area contributed by atoms with Gasteiger partial charge in [0, 0.05) is 27.2 Å². The van der Waals surface area contributed by atoms with Crippen molar-refractivity contribution in [2.75, 3.05) is 31.4 Å². The van der Waals surface area contributed by atoms with E-state index >= 15 is 0 Å². The van der Waals surface area contributed by atoms with Crippen LogP contribution in [0.25, 0.3) is 0 Å². The zero-order valence-electron chi connectivity index (χ0n) is 12.3. The summed E-state index contributed by atoms with van der Waals surface area (Å²) in [5.74, 6) is 0.963. The Labute approximate surface area is 110 Å². The number of anilines is 2. The molecule has 1 heterocycles. The maximum Gasteiger partial charge on any atom is 0.128 e. The highest BCUT2D eigenvalue weighted by molar-refractivity contribution is 5.48. The molecule has 0 fully saturated rings. The number of nitrogens with zero attached hydrogens (tertiary/aromatic N) is 2. The van der Waals surface area contributed by atoms with Gasteiger partial charge in [-0.3, -0.25) is 0 Å². The molecule has 1 N–H and O–H groups in total. The molecular weight excluding hydrogens is 226 g/mol. The molecule has 0 radical (unpaired) electrons. The van der Waals surface area contributed by atoms with Crippen LogP contribution < -0.4 is 10.2 Å². The highest BCUT2D eigenvalue weighted by Gasteiger charge is 2.19. The van der Waals surface area contributed by atoms with Crippen LogP contribution in [0.2, 0.25) is 0 Å². The lowest BCUT2D eigenvalue weighted by Gasteiger charge is -2.27. The Morgan fingerprint density at radius 2 is 2.06 bits per heavy atom. The second-order valence-corrected chi connectivity index (χ2v) is 5.51. The van der Waals surface area contributed by atoms with Gasteiger partial charge in [-0.1, -0.05) is 0 Å². The zero-order chi connectivity index (χ0) is 13.8. The first-order valence-electron chi connectivity index (χ1n) is 6.29. The van der Waals surface area contributed by atoms with Crippen molar-refractivity contribution in [3.63, 3.8) is 0 Å². The van der Waals surface area contributed by atoms with Crippen LogP contribution in [0.1, 0.15) is 27.2 Å². The molecule has 1 aromatic heterocycles. The van der Waals surface area contributed by atoms with Gasteiger partial charge in [-0.15, -0.1) is 0 Å². The first-order valence-corrected chi connectivity index (χ1v) is 6.29. The number of hydrogen-bond acceptors (Lipinski definition) is 4. The first-order chi connectivity index (χ1) is 8.34. The van der Waals surface area contributed by atoms with Crippen molar-refractivity contribution < 1.29 is 4.74 Å². The van der Waals surface area contributed by atoms with Crippen LogP contribution in [-0.4, -0.2) is 37.8 Å². The second kappa shape index (κ2) is 6.05. The number of hydrogen-bond donors (Lipinski definition) is 1. The van der Waals surface area contributed by atoms with Crippen LogP contribution >= 0.6 is 0 Å². The Kier molecular flexibility index (Phi) is 4.96. The van der Waals surface area contributed by atoms with Crippen LogP contribution in [0.15, 0.2) is 18.3 Å². The van der Waals surface area contributed by atoms with E-state index in [0.29, 0.717) is 6.04 Å². The number of rotatable bonds is 6. The maximum absolute atomic E-state index is 5.43. The number of pyridine rings is 1. The fourth-order valence-electron chi connectivity index (χ4n) is 1.89. The van der Waals surface area contributed by atoms with Crippen LogP contribution in [-0.2, 0) is 4.74 Å². The van der Waals surface area contributed by atoms with Gasteiger partial charge in [-0.05, 0) is 39.3 Å². The van der Waals surface area contributed by atoms with Crippen LogP contribution in [0.5, 0.6) is 0 Å². The topological polar surface area (TPSA) is 37.4 Å². The largest absolute Gasteiger partial charge is 0.381 e. The Morgan fingerprint density at radius 1 is 1.39 bits per heavy atom. The third kappa shape index (κ3) is 4.53. The summed E-state index contributed by atoms with van der Waals surface area (Å²) in [6, 6.07) is 4.40. The summed E-state index contributed by atoms with van der Waals surface area (Å²) in [6.07, 6.45) is 2.81. The summed E-state index contributed by atoms with van der Waals surface area (Å²) in [5.41, 5.74) is 0.934. The molecule has 0 aliphatic rings. The third-order valence-electron chi connectivity index (χ3n) is 2.97. The van der Waals surface area contributed by atoms with E-state index in [-0.39, 0.29) is 5.60 Å². The summed E-state index contributed by atoms with van der Waals surface area (Å²) < 4.78 is 5.43. The Balaban J connectivity index is 2.57. The van der Waals surface area contributed by atoms with Crippen molar-refractivity contribution in [3.05, 3.63) is 18.3 Å². The van der Waals surface area contributed by atoms with E-state index in [0.717, 1.165) is 17.9 Å². The highest BCUT2D eigenvalue weighted by atomic mass is 16.5. The third-order valence-corrected chi connectivity index (χ3v) is 2.97. The monoisotopic (exact) mass is 251 g/mol. The van der Waals surface area contributed by atoms with Crippen molar-refractivity contribution >= 4 is 11.5 Å². The molecule has 0 spiro atoms. The molecule has 0 aliphatic carbocycles. The number of methoxy groups -OCH3 is 1. The van der Waals surface area contributed by atoms with Gasteiger partial charge in [0.15, 0.2) is 0 Å². The van der Waals surface area contributed by atoms with Crippen LogP contribution in [0.4, 0.5) is 11.5 Å². The van der Waals surface area contributed by atoms with Gasteiger partial charge < -0.3 is 15.0 Å². The second-order valence-electron chi connectivity index (χ2n) is 5.51. The fraction of sp³-hybridized carbons (Fsp3) is 0.643. The molecule has 0 aromatic carbocycles. The van der Waals surface area contributed by atoms with E-state index in [9.17, 15) is 0 Å². The van der Waals surface area contributed by atoms with Gasteiger partial charge >= 0.3 is 0 Å². The van der Waals surface area contributed by atoms with E-state index < -0.39 is 0 Å². The standard InChI is InChI=1S/C14H25N3O/c1-11(9-14(2,3)18-6)16-12-7-8-13(15-10-12)17(4)5/h7-8,10-11,16H,9H2,1-6H3. The molecule has 4 heteroatoms. The average Bonchev–Trinajstić information content (AvgIpc) is 2.29. The zero-order valence-corrected chi connectivity index (χ0v) is 12.3. The molecule has 0 bridgehead atoms. The lowest BCUT2D eigenvalue weighted by Crippen LogP contribution is -2.31. The molecule has 1 rings (SSSR count). The lowest BCUT2D eigenvalue weighted by molar-refractivity contribution is 0.0128. The van der Waals surface area contributed by atoms with E-state index in [4.69, 9.17) is 4.74 Å². The molecule has 18 heavy (non-hydrogen) atoms. The molecular formula is C14H25N3O. The average molecular weight is 251 g/mol. The van der Waals surface area contributed by atoms with Crippen molar-refractivity contribution in [2.45, 2.75) is 38.8 Å². The summed E-state index contributed by atoms with van der Waals surface area (Å²) in [4.78, 5) is 6.37. The molecule has 0 amide bonds. The van der Waals surface area contributed by atoms with E-state index in [1.807, 2.05) is 31.3 Å². The Hall–Kier alpha value is -1.29. The Morgan fingerprint density at radius 3 is 2.50 bits per heavy atom. The minimum atomic E-state index is -0.108. The maximum atomic E-state index is 5.43. The smallest absolute Gasteiger partial charge is 0.128 e. The minimum absolute atomic E-state index is 0.108. The van der Waals surface area contributed by atoms with Gasteiger partial charge in [0.05, 0.1) is 17.5 Å². The fourth-order valence-corrected chi connectivity index (χ4v) is 1.89. The molecule has 4 nitrogen and oxygen atoms in total. The Bertz CT molecular complexity index is 360. The van der Waals surface area contributed by atoms with Crippen molar-refractivity contribution in [1.82, 2.24) is 4.98 Å². The van der Waals surface area contributed by atoms with Gasteiger partial charge in [0.2, 0.25) is 0 Å². The normalized spacial score (nSPS) is 13.2. The van der Waals surface area contributed by atoms with E-state index in [1.165, 1.54) is 0 Å². The van der Waals surface area contributed by atoms with Crippen molar-refractivity contribution in [3.8, 4) is 0 Å². The molecule has 0 aliphatic heterocycles. The predicted molar refractivity (Wildman–Crippen MR) is 77.4 cm³/mol. The molecule has 1 unspecified atom stereocenters. The van der Waals surface area contributed by atoms with Gasteiger partial charge in [0.25, 0.3) is 0 Å². The number of nitrogens with one attached hydrogen (secondary N) is 1. The summed E-state index contributed by atoms with van der Waals surface area (Å²) in [7, 11) is 5.72. The molecule has 1 aromatic rings. The van der Waals surface area contributed by atoms with Gasteiger partial charge in [-0.2, -0.15) is 0 Å². The molecule has 0 saturated heterocycles. The molecule has 1 atom stereocenters. The minimum Gasteiger partial charge on any atom is -0.381 e. The number of aromatic nitrogens is 1. The highest BCUT2D eigenvalue weighted by Crippen LogP contribution is 2.19. The first kappa shape index (κ1) is 14.8. The predicted octanol–water partition coefficient (Wildman–Crippen LogP) is 2.76. The lowest BCUT2D eigenvalue weighted by atomic mass is 10.00. The number of ether oxygens (including phenoxy) is 1. The van der Waals surface area contributed by atoms with Gasteiger partial charge in [-0.25, -0.2) is 4.98 Å². The summed E-state index contributed by atoms with van der Waals surface area (Å²) >= 11 is 0. The van der Waals surface area contributed by atoms with E-state index in [2.05, 4.69) is 37.1 Å². The summed E-state index contributed by atoms with van der Waals surface area (Å²) in [6.45, 7) is 6.35. The SMILES string of the molecule is COC(C)(C)CC(C)Nc1ccc(N(C)C)nc1. The van der Waals surface area contributed by atoms with Crippen LogP contribution in [0.3, 0.4) is 0 Å². The molecule has 102 valence electrons. The van der Waals surface area contributed by atoms with E-state index in [1.54, 1.807) is 7.11 Å². The van der Waals surface area contributed by atoms with Crippen molar-refractivity contribution in [2.24, 2.45) is 0 Å². The van der Waals surface area contributed by atoms with Gasteiger partial charge in [0.1, 0.15) is 5.82 Å².